The summed E-state index contributed by atoms with van der Waals surface area (Å²) in [6, 6.07) is 4.75. The van der Waals surface area contributed by atoms with Gasteiger partial charge in [0.2, 0.25) is 0 Å². The van der Waals surface area contributed by atoms with E-state index in [4.69, 9.17) is 18.9 Å². The molecule has 1 N–H and O–H groups in total. The zero-order valence-corrected chi connectivity index (χ0v) is 19.5. The van der Waals surface area contributed by atoms with Crippen LogP contribution in [-0.4, -0.2) is 44.3 Å². The van der Waals surface area contributed by atoms with Crippen LogP contribution < -0.4 is 14.8 Å². The molecule has 0 atom stereocenters. The van der Waals surface area contributed by atoms with Gasteiger partial charge in [-0.3, -0.25) is 4.79 Å². The molecule has 0 fully saturated rings. The smallest absolute Gasteiger partial charge is 0.348 e. The first kappa shape index (κ1) is 24.2. The van der Waals surface area contributed by atoms with Gasteiger partial charge in [0.1, 0.15) is 21.4 Å². The molecule has 8 nitrogen and oxygen atoms in total. The maximum absolute atomic E-state index is 13.0. The molecule has 0 aliphatic rings. The average molecular weight is 450 g/mol. The van der Waals surface area contributed by atoms with Gasteiger partial charge >= 0.3 is 11.9 Å². The van der Waals surface area contributed by atoms with Crippen molar-refractivity contribution in [2.24, 2.45) is 0 Å². The highest BCUT2D eigenvalue weighted by Crippen LogP contribution is 2.36. The van der Waals surface area contributed by atoms with Crippen LogP contribution in [0.1, 0.15) is 63.6 Å². The molecule has 9 heteroatoms. The van der Waals surface area contributed by atoms with Gasteiger partial charge in [0.15, 0.2) is 0 Å². The van der Waals surface area contributed by atoms with Crippen LogP contribution >= 0.6 is 11.3 Å². The average Bonchev–Trinajstić information content (AvgIpc) is 3.02. The van der Waals surface area contributed by atoms with Crippen molar-refractivity contribution in [1.29, 1.82) is 0 Å². The molecule has 0 unspecified atom stereocenters. The molecule has 1 aromatic carbocycles. The molecule has 0 radical (unpaired) electrons. The predicted octanol–water partition coefficient (Wildman–Crippen LogP) is 4.46. The van der Waals surface area contributed by atoms with E-state index >= 15 is 0 Å². The second kappa shape index (κ2) is 10.3. The first-order valence-electron chi connectivity index (χ1n) is 9.67. The third-order valence-electron chi connectivity index (χ3n) is 4.10. The fourth-order valence-electron chi connectivity index (χ4n) is 2.74. The molecule has 1 heterocycles. The minimum atomic E-state index is -0.635. The van der Waals surface area contributed by atoms with Crippen LogP contribution in [0.4, 0.5) is 5.00 Å². The van der Waals surface area contributed by atoms with E-state index in [2.05, 4.69) is 5.32 Å². The highest BCUT2D eigenvalue weighted by atomic mass is 32.1. The van der Waals surface area contributed by atoms with Gasteiger partial charge in [-0.15, -0.1) is 11.3 Å². The van der Waals surface area contributed by atoms with Crippen LogP contribution in [-0.2, 0) is 9.47 Å². The third kappa shape index (κ3) is 5.75. The quantitative estimate of drug-likeness (QED) is 0.594. The number of carbonyl (C=O) groups excluding carboxylic acids is 3. The molecule has 2 rings (SSSR count). The van der Waals surface area contributed by atoms with Crippen LogP contribution in [0, 0.1) is 6.92 Å². The Balaban J connectivity index is 2.47. The van der Waals surface area contributed by atoms with E-state index in [1.165, 1.54) is 14.2 Å². The van der Waals surface area contributed by atoms with Crippen LogP contribution in [0.5, 0.6) is 11.5 Å². The zero-order valence-electron chi connectivity index (χ0n) is 18.7. The second-order valence-corrected chi connectivity index (χ2v) is 8.21. The molecule has 0 saturated carbocycles. The summed E-state index contributed by atoms with van der Waals surface area (Å²) in [6.07, 6.45) is -0.704. The Morgan fingerprint density at radius 3 is 2.10 bits per heavy atom. The molecule has 0 spiro atoms. The van der Waals surface area contributed by atoms with Crippen molar-refractivity contribution in [3.8, 4) is 11.5 Å². The number of carbonyl (C=O) groups is 3. The van der Waals surface area contributed by atoms with Crippen LogP contribution in [0.25, 0.3) is 0 Å². The zero-order chi connectivity index (χ0) is 23.3. The van der Waals surface area contributed by atoms with Crippen molar-refractivity contribution in [2.75, 3.05) is 19.5 Å². The van der Waals surface area contributed by atoms with Crippen molar-refractivity contribution in [2.45, 2.75) is 46.8 Å². The van der Waals surface area contributed by atoms with Gasteiger partial charge in [0, 0.05) is 6.07 Å². The summed E-state index contributed by atoms with van der Waals surface area (Å²) in [4.78, 5) is 38.4. The van der Waals surface area contributed by atoms with Gasteiger partial charge in [-0.1, -0.05) is 0 Å². The van der Waals surface area contributed by atoms with Crippen molar-refractivity contribution in [3.05, 3.63) is 39.8 Å². The van der Waals surface area contributed by atoms with E-state index < -0.39 is 17.8 Å². The van der Waals surface area contributed by atoms with E-state index in [1.54, 1.807) is 52.8 Å². The summed E-state index contributed by atoms with van der Waals surface area (Å²) >= 11 is 0.963. The van der Waals surface area contributed by atoms with E-state index in [-0.39, 0.29) is 33.2 Å². The molecule has 2 aromatic rings. The largest absolute Gasteiger partial charge is 0.497 e. The summed E-state index contributed by atoms with van der Waals surface area (Å²) in [5.74, 6) is -0.887. The monoisotopic (exact) mass is 449 g/mol. The topological polar surface area (TPSA) is 100 Å². The Kier molecular flexibility index (Phi) is 8.04. The minimum Gasteiger partial charge on any atom is -0.497 e. The molecule has 1 aromatic heterocycles. The van der Waals surface area contributed by atoms with Gasteiger partial charge < -0.3 is 24.3 Å². The van der Waals surface area contributed by atoms with E-state index in [0.717, 1.165) is 11.3 Å². The van der Waals surface area contributed by atoms with Gasteiger partial charge in [-0.25, -0.2) is 9.59 Å². The predicted molar refractivity (Wildman–Crippen MR) is 118 cm³/mol. The molecule has 0 saturated heterocycles. The van der Waals surface area contributed by atoms with Gasteiger partial charge in [-0.05, 0) is 52.3 Å². The van der Waals surface area contributed by atoms with Crippen LogP contribution in [0.3, 0.4) is 0 Å². The number of rotatable bonds is 8. The number of methoxy groups -OCH3 is 2. The standard InChI is InChI=1S/C22H27NO7S/c1-11(2)29-21(25)17-13(5)18(22(26)30-12(3)4)31-20(17)23-19(24)15-9-8-14(27-6)10-16(15)28-7/h8-12H,1-7H3,(H,23,24). The third-order valence-corrected chi connectivity index (χ3v) is 5.29. The molecule has 31 heavy (non-hydrogen) atoms. The maximum atomic E-state index is 13.0. The molecule has 0 aliphatic carbocycles. The number of anilines is 1. The highest BCUT2D eigenvalue weighted by molar-refractivity contribution is 7.18. The van der Waals surface area contributed by atoms with Crippen molar-refractivity contribution in [1.82, 2.24) is 0 Å². The Morgan fingerprint density at radius 1 is 0.935 bits per heavy atom. The normalized spacial score (nSPS) is 10.7. The van der Waals surface area contributed by atoms with Gasteiger partial charge in [-0.2, -0.15) is 0 Å². The van der Waals surface area contributed by atoms with E-state index in [1.807, 2.05) is 0 Å². The number of esters is 2. The number of nitrogens with one attached hydrogen (secondary N) is 1. The van der Waals surface area contributed by atoms with E-state index in [0.29, 0.717) is 17.1 Å². The van der Waals surface area contributed by atoms with Crippen molar-refractivity contribution in [3.63, 3.8) is 0 Å². The van der Waals surface area contributed by atoms with Crippen molar-refractivity contribution >= 4 is 34.2 Å². The minimum absolute atomic E-state index is 0.121. The summed E-state index contributed by atoms with van der Waals surface area (Å²) in [7, 11) is 2.94. The molecule has 1 amide bonds. The molecular formula is C22H27NO7S. The SMILES string of the molecule is COc1ccc(C(=O)Nc2sc(C(=O)OC(C)C)c(C)c2C(=O)OC(C)C)c(OC)c1. The number of hydrogen-bond acceptors (Lipinski definition) is 8. The van der Waals surface area contributed by atoms with Crippen molar-refractivity contribution < 1.29 is 33.3 Å². The highest BCUT2D eigenvalue weighted by Gasteiger charge is 2.29. The first-order valence-corrected chi connectivity index (χ1v) is 10.5. The molecular weight excluding hydrogens is 422 g/mol. The summed E-state index contributed by atoms with van der Waals surface area (Å²) < 4.78 is 21.0. The van der Waals surface area contributed by atoms with Crippen LogP contribution in [0.2, 0.25) is 0 Å². The first-order chi connectivity index (χ1) is 14.6. The Morgan fingerprint density at radius 2 is 1.55 bits per heavy atom. The fraction of sp³-hybridized carbons (Fsp3) is 0.409. The Labute approximate surface area is 185 Å². The number of ether oxygens (including phenoxy) is 4. The Hall–Kier alpha value is -3.07. The maximum Gasteiger partial charge on any atom is 0.348 e. The second-order valence-electron chi connectivity index (χ2n) is 7.19. The lowest BCUT2D eigenvalue weighted by Crippen LogP contribution is -2.17. The lowest BCUT2D eigenvalue weighted by Gasteiger charge is -2.12. The Bertz CT molecular complexity index is 978. The number of hydrogen-bond donors (Lipinski definition) is 1. The summed E-state index contributed by atoms with van der Waals surface area (Å²) in [5, 5.41) is 2.91. The number of thiophene rings is 1. The lowest BCUT2D eigenvalue weighted by atomic mass is 10.1. The molecule has 0 bridgehead atoms. The van der Waals surface area contributed by atoms with Gasteiger partial charge in [0.25, 0.3) is 5.91 Å². The fourth-order valence-corrected chi connectivity index (χ4v) is 3.81. The number of amides is 1. The summed E-state index contributed by atoms with van der Waals surface area (Å²) in [6.45, 7) is 8.51. The summed E-state index contributed by atoms with van der Waals surface area (Å²) in [5.41, 5.74) is 0.748. The molecule has 168 valence electrons. The van der Waals surface area contributed by atoms with Crippen LogP contribution in [0.15, 0.2) is 18.2 Å². The number of benzene rings is 1. The van der Waals surface area contributed by atoms with Gasteiger partial charge in [0.05, 0.1) is 37.6 Å². The van der Waals surface area contributed by atoms with E-state index in [9.17, 15) is 14.4 Å². The molecule has 0 aliphatic heterocycles. The lowest BCUT2D eigenvalue weighted by molar-refractivity contribution is 0.0378.